The number of rotatable bonds is 5. The summed E-state index contributed by atoms with van der Waals surface area (Å²) in [6.07, 6.45) is 5.16. The number of thiophene rings is 1. The van der Waals surface area contributed by atoms with E-state index in [0.29, 0.717) is 27.4 Å². The second kappa shape index (κ2) is 8.96. The number of nitrogens with one attached hydrogen (secondary N) is 1. The van der Waals surface area contributed by atoms with Crippen LogP contribution >= 0.6 is 11.3 Å². The van der Waals surface area contributed by atoms with Gasteiger partial charge in [0, 0.05) is 10.4 Å². The number of nitrogens with zero attached hydrogens (tertiary/aromatic N) is 2. The Morgan fingerprint density at radius 1 is 1.15 bits per heavy atom. The number of fused-ring (bicyclic) bond motifs is 2. The molecule has 0 fully saturated rings. The molecule has 0 bridgehead atoms. The van der Waals surface area contributed by atoms with Crippen LogP contribution in [0.2, 0.25) is 0 Å². The first-order chi connectivity index (χ1) is 16.5. The predicted octanol–water partition coefficient (Wildman–Crippen LogP) is 5.08. The number of hydrogen-bond donors (Lipinski definition) is 2. The molecule has 34 heavy (non-hydrogen) atoms. The number of nitrogens with two attached hydrogens (primary N) is 1. The molecular weight excluding hydrogens is 448 g/mol. The van der Waals surface area contributed by atoms with E-state index in [-0.39, 0.29) is 5.57 Å². The van der Waals surface area contributed by atoms with E-state index in [1.807, 2.05) is 42.5 Å². The molecular formula is C26H20N4O3S. The van der Waals surface area contributed by atoms with Crippen LogP contribution in [0.4, 0.5) is 5.00 Å². The van der Waals surface area contributed by atoms with Crippen LogP contribution in [-0.4, -0.2) is 17.0 Å². The number of primary amides is 1. The van der Waals surface area contributed by atoms with Crippen LogP contribution in [0, 0.1) is 11.3 Å². The highest BCUT2D eigenvalue weighted by atomic mass is 32.1. The van der Waals surface area contributed by atoms with E-state index < -0.39 is 11.8 Å². The van der Waals surface area contributed by atoms with Gasteiger partial charge in [-0.1, -0.05) is 41.6 Å². The first kappa shape index (κ1) is 21.6. The summed E-state index contributed by atoms with van der Waals surface area (Å²) >= 11 is 1.37. The zero-order valence-corrected chi connectivity index (χ0v) is 18.9. The van der Waals surface area contributed by atoms with Crippen molar-refractivity contribution in [1.29, 1.82) is 5.26 Å². The molecule has 0 aliphatic heterocycles. The molecule has 2 aromatic carbocycles. The molecule has 0 spiro atoms. The second-order valence-corrected chi connectivity index (χ2v) is 9.16. The lowest BCUT2D eigenvalue weighted by Crippen LogP contribution is -2.19. The number of aromatic nitrogens is 1. The van der Waals surface area contributed by atoms with Crippen molar-refractivity contribution in [3.8, 4) is 17.4 Å². The third-order valence-electron chi connectivity index (χ3n) is 5.86. The molecule has 5 rings (SSSR count). The monoisotopic (exact) mass is 468 g/mol. The number of amides is 2. The van der Waals surface area contributed by atoms with E-state index in [4.69, 9.17) is 10.3 Å². The number of aryl methyl sites for hydroxylation is 1. The normalized spacial score (nSPS) is 13.3. The van der Waals surface area contributed by atoms with Gasteiger partial charge in [0.1, 0.15) is 22.2 Å². The third kappa shape index (κ3) is 3.98. The van der Waals surface area contributed by atoms with E-state index in [1.54, 1.807) is 12.1 Å². The van der Waals surface area contributed by atoms with Gasteiger partial charge < -0.3 is 15.6 Å². The molecule has 7 nitrogen and oxygen atoms in total. The molecule has 168 valence electrons. The van der Waals surface area contributed by atoms with Gasteiger partial charge in [0.2, 0.25) is 0 Å². The van der Waals surface area contributed by atoms with Crippen molar-refractivity contribution in [3.63, 3.8) is 0 Å². The molecule has 0 atom stereocenters. The lowest BCUT2D eigenvalue weighted by molar-refractivity contribution is -0.112. The first-order valence-corrected chi connectivity index (χ1v) is 11.7. The Labute approximate surface area is 199 Å². The SMILES string of the molecule is N#CC(=Cc1ccc2noc(-c3ccccc3)c2c1)C(=O)Nc1sc2c(c1C(N)=O)CCCC2. The number of nitriles is 1. The Balaban J connectivity index is 1.47. The van der Waals surface area contributed by atoms with E-state index in [9.17, 15) is 14.9 Å². The summed E-state index contributed by atoms with van der Waals surface area (Å²) in [5.41, 5.74) is 9.03. The highest BCUT2D eigenvalue weighted by molar-refractivity contribution is 7.17. The molecule has 2 amide bonds. The van der Waals surface area contributed by atoms with Gasteiger partial charge in [-0.25, -0.2) is 0 Å². The molecule has 0 saturated carbocycles. The number of carbonyl (C=O) groups excluding carboxylic acids is 2. The Morgan fingerprint density at radius 2 is 1.94 bits per heavy atom. The molecule has 0 saturated heterocycles. The maximum Gasteiger partial charge on any atom is 0.266 e. The van der Waals surface area contributed by atoms with Crippen LogP contribution in [0.5, 0.6) is 0 Å². The number of carbonyl (C=O) groups is 2. The number of anilines is 1. The summed E-state index contributed by atoms with van der Waals surface area (Å²) in [4.78, 5) is 26.1. The van der Waals surface area contributed by atoms with Gasteiger partial charge in [-0.2, -0.15) is 5.26 Å². The molecule has 1 aliphatic carbocycles. The van der Waals surface area contributed by atoms with Crippen molar-refractivity contribution in [2.24, 2.45) is 5.73 Å². The fourth-order valence-electron chi connectivity index (χ4n) is 4.25. The molecule has 2 aromatic heterocycles. The molecule has 0 radical (unpaired) electrons. The topological polar surface area (TPSA) is 122 Å². The summed E-state index contributed by atoms with van der Waals surface area (Å²) in [6, 6.07) is 16.9. The van der Waals surface area contributed by atoms with Crippen LogP contribution in [0.1, 0.15) is 39.2 Å². The second-order valence-electron chi connectivity index (χ2n) is 8.06. The van der Waals surface area contributed by atoms with Gasteiger partial charge in [-0.3, -0.25) is 9.59 Å². The Kier molecular flexibility index (Phi) is 5.70. The molecule has 4 aromatic rings. The van der Waals surface area contributed by atoms with Gasteiger partial charge in [-0.05, 0) is 55.0 Å². The predicted molar refractivity (Wildman–Crippen MR) is 131 cm³/mol. The summed E-state index contributed by atoms with van der Waals surface area (Å²) in [5, 5.41) is 17.7. The van der Waals surface area contributed by atoms with Gasteiger partial charge in [0.15, 0.2) is 5.76 Å². The minimum atomic E-state index is -0.586. The van der Waals surface area contributed by atoms with Crippen LogP contribution in [0.3, 0.4) is 0 Å². The highest BCUT2D eigenvalue weighted by Gasteiger charge is 2.25. The van der Waals surface area contributed by atoms with Crippen molar-refractivity contribution in [1.82, 2.24) is 5.16 Å². The highest BCUT2D eigenvalue weighted by Crippen LogP contribution is 2.38. The first-order valence-electron chi connectivity index (χ1n) is 10.9. The average Bonchev–Trinajstić information content (AvgIpc) is 3.43. The molecule has 3 N–H and O–H groups in total. The number of benzene rings is 2. The van der Waals surface area contributed by atoms with Crippen molar-refractivity contribution in [2.45, 2.75) is 25.7 Å². The Morgan fingerprint density at radius 3 is 2.71 bits per heavy atom. The zero-order chi connectivity index (χ0) is 23.7. The van der Waals surface area contributed by atoms with E-state index in [1.165, 1.54) is 17.4 Å². The van der Waals surface area contributed by atoms with Gasteiger partial charge >= 0.3 is 0 Å². The fourth-order valence-corrected chi connectivity index (χ4v) is 5.54. The van der Waals surface area contributed by atoms with Gasteiger partial charge in [0.05, 0.1) is 10.9 Å². The van der Waals surface area contributed by atoms with Crippen LogP contribution in [0.15, 0.2) is 58.6 Å². The maximum atomic E-state index is 13.0. The summed E-state index contributed by atoms with van der Waals surface area (Å²) < 4.78 is 5.53. The lowest BCUT2D eigenvalue weighted by Gasteiger charge is -2.11. The average molecular weight is 469 g/mol. The van der Waals surface area contributed by atoms with E-state index in [2.05, 4.69) is 10.5 Å². The summed E-state index contributed by atoms with van der Waals surface area (Å²) in [5.74, 6) is -0.537. The van der Waals surface area contributed by atoms with Crippen molar-refractivity contribution >= 4 is 45.1 Å². The largest absolute Gasteiger partial charge is 0.365 e. The van der Waals surface area contributed by atoms with Crippen molar-refractivity contribution in [2.75, 3.05) is 5.32 Å². The lowest BCUT2D eigenvalue weighted by atomic mass is 9.95. The van der Waals surface area contributed by atoms with Crippen LogP contribution < -0.4 is 11.1 Å². The smallest absolute Gasteiger partial charge is 0.266 e. The van der Waals surface area contributed by atoms with Crippen LogP contribution in [-0.2, 0) is 17.6 Å². The summed E-state index contributed by atoms with van der Waals surface area (Å²) in [6.45, 7) is 0. The molecule has 1 aliphatic rings. The maximum absolute atomic E-state index is 13.0. The zero-order valence-electron chi connectivity index (χ0n) is 18.1. The Bertz CT molecular complexity index is 1490. The van der Waals surface area contributed by atoms with Crippen molar-refractivity contribution in [3.05, 3.63) is 75.7 Å². The Hall–Kier alpha value is -4.22. The van der Waals surface area contributed by atoms with Crippen LogP contribution in [0.25, 0.3) is 28.3 Å². The van der Waals surface area contributed by atoms with E-state index in [0.717, 1.165) is 47.1 Å². The molecule has 8 heteroatoms. The quantitative estimate of drug-likeness (QED) is 0.312. The standard InChI is InChI=1S/C26H20N4O3S/c27-14-17(25(32)29-26-22(24(28)31)18-8-4-5-9-21(18)34-26)12-15-10-11-20-19(13-15)23(33-30-20)16-6-2-1-3-7-16/h1-3,6-7,10-13H,4-5,8-9H2,(H2,28,31)(H,29,32). The summed E-state index contributed by atoms with van der Waals surface area (Å²) in [7, 11) is 0. The minimum Gasteiger partial charge on any atom is -0.365 e. The molecule has 0 unspecified atom stereocenters. The van der Waals surface area contributed by atoms with Crippen molar-refractivity contribution < 1.29 is 14.1 Å². The van der Waals surface area contributed by atoms with E-state index >= 15 is 0 Å². The van der Waals surface area contributed by atoms with Gasteiger partial charge in [0.25, 0.3) is 11.8 Å². The third-order valence-corrected chi connectivity index (χ3v) is 7.06. The number of hydrogen-bond acceptors (Lipinski definition) is 6. The fraction of sp³-hybridized carbons (Fsp3) is 0.154. The molecule has 2 heterocycles. The van der Waals surface area contributed by atoms with Gasteiger partial charge in [-0.15, -0.1) is 11.3 Å². The minimum absolute atomic E-state index is 0.0844.